The maximum atomic E-state index is 14.6. The van der Waals surface area contributed by atoms with Gasteiger partial charge in [-0.05, 0) is 79.4 Å². The number of halogens is 3. The molecule has 2 amide bonds. The van der Waals surface area contributed by atoms with Crippen molar-refractivity contribution in [2.24, 2.45) is 0 Å². The normalized spacial score (nSPS) is 12.0. The zero-order chi connectivity index (χ0) is 33.4. The second kappa shape index (κ2) is 15.8. The molecule has 0 fully saturated rings. The maximum absolute atomic E-state index is 14.6. The summed E-state index contributed by atoms with van der Waals surface area (Å²) in [6.07, 6.45) is 0.900. The van der Waals surface area contributed by atoms with Crippen LogP contribution < -0.4 is 9.62 Å². The molecule has 1 atom stereocenters. The number of carbonyl (C=O) groups excluding carboxylic acids is 2. The van der Waals surface area contributed by atoms with Crippen LogP contribution in [0.15, 0.2) is 95.9 Å². The van der Waals surface area contributed by atoms with Crippen LogP contribution in [0.2, 0.25) is 15.1 Å². The molecule has 4 rings (SSSR count). The maximum Gasteiger partial charge on any atom is 0.264 e. The van der Waals surface area contributed by atoms with Crippen LogP contribution in [0.1, 0.15) is 35.6 Å². The van der Waals surface area contributed by atoms with E-state index < -0.39 is 28.5 Å². The summed E-state index contributed by atoms with van der Waals surface area (Å²) >= 11 is 18.7. The standard InChI is InChI=1S/C35H36Cl3N3O4S/c1-4-18-39-35(43)33(21-26-8-6-5-7-9-26)40(22-27-12-16-30(37)31(38)20-27)34(42)23-41(32-17-13-28(36)19-25(32)3)46(44,45)29-14-10-24(2)11-15-29/h5-17,19-20,33H,4,18,21-23H2,1-3H3,(H,39,43)/t33-/m1/s1. The lowest BCUT2D eigenvalue weighted by atomic mass is 10.0. The van der Waals surface area contributed by atoms with E-state index in [1.165, 1.54) is 17.0 Å². The van der Waals surface area contributed by atoms with Gasteiger partial charge < -0.3 is 10.2 Å². The first-order valence-electron chi connectivity index (χ1n) is 14.8. The van der Waals surface area contributed by atoms with E-state index in [1.807, 2.05) is 44.2 Å². The van der Waals surface area contributed by atoms with E-state index in [1.54, 1.807) is 55.5 Å². The number of amides is 2. The topological polar surface area (TPSA) is 86.8 Å². The number of aryl methyl sites for hydroxylation is 2. The molecule has 46 heavy (non-hydrogen) atoms. The highest BCUT2D eigenvalue weighted by molar-refractivity contribution is 7.92. The molecule has 4 aromatic carbocycles. The quantitative estimate of drug-likeness (QED) is 0.156. The first-order chi connectivity index (χ1) is 21.9. The summed E-state index contributed by atoms with van der Waals surface area (Å²) in [5, 5.41) is 4.00. The predicted molar refractivity (Wildman–Crippen MR) is 186 cm³/mol. The third kappa shape index (κ3) is 8.82. The van der Waals surface area contributed by atoms with Crippen LogP contribution in [0.4, 0.5) is 5.69 Å². The highest BCUT2D eigenvalue weighted by Gasteiger charge is 2.35. The number of rotatable bonds is 13. The Morgan fingerprint density at radius 3 is 2.15 bits per heavy atom. The van der Waals surface area contributed by atoms with Crippen molar-refractivity contribution in [3.05, 3.63) is 128 Å². The molecule has 11 heteroatoms. The summed E-state index contributed by atoms with van der Waals surface area (Å²) in [5.41, 5.74) is 3.21. The molecule has 4 aromatic rings. The summed E-state index contributed by atoms with van der Waals surface area (Å²) in [5.74, 6) is -0.932. The van der Waals surface area contributed by atoms with Crippen molar-refractivity contribution >= 4 is 62.3 Å². The predicted octanol–water partition coefficient (Wildman–Crippen LogP) is 7.63. The van der Waals surface area contributed by atoms with E-state index in [0.29, 0.717) is 44.8 Å². The number of benzene rings is 4. The molecule has 0 radical (unpaired) electrons. The fourth-order valence-electron chi connectivity index (χ4n) is 5.00. The van der Waals surface area contributed by atoms with Gasteiger partial charge in [0.2, 0.25) is 11.8 Å². The lowest BCUT2D eigenvalue weighted by Crippen LogP contribution is -2.53. The third-order valence-electron chi connectivity index (χ3n) is 7.47. The minimum Gasteiger partial charge on any atom is -0.354 e. The Bertz CT molecular complexity index is 1790. The summed E-state index contributed by atoms with van der Waals surface area (Å²) < 4.78 is 29.5. The molecular formula is C35H36Cl3N3O4S. The SMILES string of the molecule is CCCNC(=O)[C@@H](Cc1ccccc1)N(Cc1ccc(Cl)c(Cl)c1)C(=O)CN(c1ccc(Cl)cc1C)S(=O)(=O)c1ccc(C)cc1. The molecule has 0 aliphatic heterocycles. The Morgan fingerprint density at radius 1 is 0.826 bits per heavy atom. The molecule has 0 unspecified atom stereocenters. The van der Waals surface area contributed by atoms with Gasteiger partial charge in [-0.2, -0.15) is 0 Å². The van der Waals surface area contributed by atoms with Gasteiger partial charge in [-0.1, -0.05) is 95.8 Å². The monoisotopic (exact) mass is 699 g/mol. The molecule has 0 saturated heterocycles. The number of carbonyl (C=O) groups is 2. The highest BCUT2D eigenvalue weighted by atomic mass is 35.5. The smallest absolute Gasteiger partial charge is 0.264 e. The van der Waals surface area contributed by atoms with E-state index in [4.69, 9.17) is 34.8 Å². The van der Waals surface area contributed by atoms with Crippen LogP contribution in [-0.2, 0) is 32.6 Å². The van der Waals surface area contributed by atoms with Gasteiger partial charge in [0.25, 0.3) is 10.0 Å². The molecule has 0 heterocycles. The molecule has 0 saturated carbocycles. The summed E-state index contributed by atoms with van der Waals surface area (Å²) in [7, 11) is -4.24. The summed E-state index contributed by atoms with van der Waals surface area (Å²) in [6, 6.07) is 24.6. The number of nitrogens with zero attached hydrogens (tertiary/aromatic N) is 2. The fraction of sp³-hybridized carbons (Fsp3) is 0.257. The Balaban J connectivity index is 1.83. The average molecular weight is 701 g/mol. The first-order valence-corrected chi connectivity index (χ1v) is 17.4. The van der Waals surface area contributed by atoms with Crippen molar-refractivity contribution in [2.45, 2.75) is 51.1 Å². The van der Waals surface area contributed by atoms with Crippen LogP contribution in [0.3, 0.4) is 0 Å². The van der Waals surface area contributed by atoms with Crippen LogP contribution in [0, 0.1) is 13.8 Å². The molecule has 0 bridgehead atoms. The molecule has 0 aliphatic carbocycles. The van der Waals surface area contributed by atoms with Gasteiger partial charge in [0, 0.05) is 24.5 Å². The van der Waals surface area contributed by atoms with Crippen molar-refractivity contribution in [1.82, 2.24) is 10.2 Å². The van der Waals surface area contributed by atoms with Gasteiger partial charge in [0.1, 0.15) is 12.6 Å². The number of sulfonamides is 1. The van der Waals surface area contributed by atoms with Gasteiger partial charge >= 0.3 is 0 Å². The van der Waals surface area contributed by atoms with Crippen LogP contribution in [0.5, 0.6) is 0 Å². The molecule has 242 valence electrons. The van der Waals surface area contributed by atoms with Crippen LogP contribution >= 0.6 is 34.8 Å². The average Bonchev–Trinajstić information content (AvgIpc) is 3.03. The fourth-order valence-corrected chi connectivity index (χ4v) is 7.03. The molecule has 7 nitrogen and oxygen atoms in total. The Labute approximate surface area is 286 Å². The first kappa shape index (κ1) is 35.3. The minimum atomic E-state index is -4.24. The van der Waals surface area contributed by atoms with Crippen LogP contribution in [0.25, 0.3) is 0 Å². The third-order valence-corrected chi connectivity index (χ3v) is 10.2. The number of hydrogen-bond donors (Lipinski definition) is 1. The summed E-state index contributed by atoms with van der Waals surface area (Å²) in [4.78, 5) is 29.8. The second-order valence-electron chi connectivity index (χ2n) is 11.0. The Hall–Kier alpha value is -3.56. The van der Waals surface area contributed by atoms with Crippen molar-refractivity contribution in [3.63, 3.8) is 0 Å². The molecule has 1 N–H and O–H groups in total. The van der Waals surface area contributed by atoms with Gasteiger partial charge in [-0.15, -0.1) is 0 Å². The summed E-state index contributed by atoms with van der Waals surface area (Å²) in [6.45, 7) is 5.34. The van der Waals surface area contributed by atoms with Gasteiger partial charge in [-0.25, -0.2) is 8.42 Å². The van der Waals surface area contributed by atoms with E-state index >= 15 is 0 Å². The van der Waals surface area contributed by atoms with Crippen molar-refractivity contribution in [1.29, 1.82) is 0 Å². The van der Waals surface area contributed by atoms with Gasteiger partial charge in [0.05, 0.1) is 20.6 Å². The Morgan fingerprint density at radius 2 is 1.52 bits per heavy atom. The van der Waals surface area contributed by atoms with Crippen molar-refractivity contribution < 1.29 is 18.0 Å². The zero-order valence-corrected chi connectivity index (χ0v) is 28.9. The van der Waals surface area contributed by atoms with E-state index in [-0.39, 0.29) is 23.8 Å². The zero-order valence-electron chi connectivity index (χ0n) is 25.8. The van der Waals surface area contributed by atoms with Gasteiger partial charge in [-0.3, -0.25) is 13.9 Å². The lowest BCUT2D eigenvalue weighted by molar-refractivity contribution is -0.140. The minimum absolute atomic E-state index is 0.0230. The molecule has 0 aliphatic rings. The molecular weight excluding hydrogens is 665 g/mol. The van der Waals surface area contributed by atoms with Crippen molar-refractivity contribution in [2.75, 3.05) is 17.4 Å². The number of hydrogen-bond acceptors (Lipinski definition) is 4. The lowest BCUT2D eigenvalue weighted by Gasteiger charge is -2.34. The van der Waals surface area contributed by atoms with Gasteiger partial charge in [0.15, 0.2) is 0 Å². The number of anilines is 1. The molecule has 0 spiro atoms. The van der Waals surface area contributed by atoms with E-state index in [9.17, 15) is 18.0 Å². The van der Waals surface area contributed by atoms with E-state index in [0.717, 1.165) is 15.4 Å². The molecule has 0 aromatic heterocycles. The number of nitrogens with one attached hydrogen (secondary N) is 1. The Kier molecular flexibility index (Phi) is 12.1. The van der Waals surface area contributed by atoms with Crippen molar-refractivity contribution in [3.8, 4) is 0 Å². The largest absolute Gasteiger partial charge is 0.354 e. The highest BCUT2D eigenvalue weighted by Crippen LogP contribution is 2.30. The van der Waals surface area contributed by atoms with E-state index in [2.05, 4.69) is 5.32 Å². The second-order valence-corrected chi connectivity index (χ2v) is 14.1. The van der Waals surface area contributed by atoms with Crippen LogP contribution in [-0.4, -0.2) is 44.3 Å².